The van der Waals surface area contributed by atoms with Crippen LogP contribution in [0.15, 0.2) is 17.5 Å². The molecule has 0 aliphatic rings. The Labute approximate surface area is 67.9 Å². The van der Waals surface area contributed by atoms with Gasteiger partial charge in [-0.1, -0.05) is 33.3 Å². The van der Waals surface area contributed by atoms with Gasteiger partial charge in [-0.3, -0.25) is 0 Å². The predicted molar refractivity (Wildman–Crippen MR) is 49.7 cm³/mol. The summed E-state index contributed by atoms with van der Waals surface area (Å²) in [7, 11) is 0. The van der Waals surface area contributed by atoms with Crippen LogP contribution in [0.3, 0.4) is 0 Å². The second kappa shape index (κ2) is 6.81. The molecule has 0 saturated heterocycles. The molecule has 0 spiro atoms. The molecule has 0 fully saturated rings. The molecule has 0 aliphatic carbocycles. The maximum absolute atomic E-state index is 2.21. The zero-order valence-corrected chi connectivity index (χ0v) is 7.87. The van der Waals surface area contributed by atoms with Crippen LogP contribution in [0.4, 0.5) is 0 Å². The SMILES string of the molecule is CC.CCCc1cccs1. The first-order chi connectivity index (χ1) is 4.93. The van der Waals surface area contributed by atoms with E-state index in [1.807, 2.05) is 25.2 Å². The molecule has 0 atom stereocenters. The Morgan fingerprint density at radius 2 is 2.10 bits per heavy atom. The van der Waals surface area contributed by atoms with Gasteiger partial charge in [0, 0.05) is 4.88 Å². The van der Waals surface area contributed by atoms with Gasteiger partial charge >= 0.3 is 0 Å². The van der Waals surface area contributed by atoms with E-state index in [0.29, 0.717) is 0 Å². The molecular formula is C9H16S. The van der Waals surface area contributed by atoms with Crippen LogP contribution in [0.25, 0.3) is 0 Å². The number of hydrogen-bond acceptors (Lipinski definition) is 1. The fraction of sp³-hybridized carbons (Fsp3) is 0.556. The number of rotatable bonds is 2. The lowest BCUT2D eigenvalue weighted by atomic mass is 10.3. The molecular weight excluding hydrogens is 140 g/mol. The average molecular weight is 156 g/mol. The maximum atomic E-state index is 2.21. The molecule has 0 nitrogen and oxygen atoms in total. The summed E-state index contributed by atoms with van der Waals surface area (Å²) in [5.74, 6) is 0. The van der Waals surface area contributed by atoms with Gasteiger partial charge in [0.05, 0.1) is 0 Å². The first-order valence-corrected chi connectivity index (χ1v) is 4.84. The highest BCUT2D eigenvalue weighted by molar-refractivity contribution is 7.09. The lowest BCUT2D eigenvalue weighted by Gasteiger charge is -1.85. The Morgan fingerprint density at radius 1 is 1.40 bits per heavy atom. The molecule has 0 aliphatic heterocycles. The first-order valence-electron chi connectivity index (χ1n) is 3.96. The number of aryl methyl sites for hydroxylation is 1. The van der Waals surface area contributed by atoms with E-state index in [0.717, 1.165) is 0 Å². The summed E-state index contributed by atoms with van der Waals surface area (Å²) in [4.78, 5) is 1.51. The van der Waals surface area contributed by atoms with Crippen LogP contribution in [0.1, 0.15) is 32.1 Å². The third kappa shape index (κ3) is 3.67. The van der Waals surface area contributed by atoms with Crippen LogP contribution in [0.2, 0.25) is 0 Å². The van der Waals surface area contributed by atoms with Crippen molar-refractivity contribution in [2.75, 3.05) is 0 Å². The molecule has 0 N–H and O–H groups in total. The molecule has 0 radical (unpaired) electrons. The quantitative estimate of drug-likeness (QED) is 0.612. The molecule has 1 aromatic rings. The monoisotopic (exact) mass is 156 g/mol. The van der Waals surface area contributed by atoms with Gasteiger partial charge < -0.3 is 0 Å². The fourth-order valence-corrected chi connectivity index (χ4v) is 1.51. The van der Waals surface area contributed by atoms with Crippen LogP contribution in [-0.2, 0) is 6.42 Å². The molecule has 0 unspecified atom stereocenters. The largest absolute Gasteiger partial charge is 0.149 e. The van der Waals surface area contributed by atoms with E-state index in [1.54, 1.807) is 0 Å². The molecule has 1 heterocycles. The Bertz CT molecular complexity index is 130. The summed E-state index contributed by atoms with van der Waals surface area (Å²) >= 11 is 1.85. The van der Waals surface area contributed by atoms with Gasteiger partial charge in [-0.2, -0.15) is 0 Å². The summed E-state index contributed by atoms with van der Waals surface area (Å²) in [6, 6.07) is 4.30. The van der Waals surface area contributed by atoms with E-state index >= 15 is 0 Å². The van der Waals surface area contributed by atoms with Crippen LogP contribution in [0, 0.1) is 0 Å². The minimum Gasteiger partial charge on any atom is -0.149 e. The van der Waals surface area contributed by atoms with Gasteiger partial charge in [-0.25, -0.2) is 0 Å². The summed E-state index contributed by atoms with van der Waals surface area (Å²) in [5.41, 5.74) is 0. The first kappa shape index (κ1) is 9.70. The van der Waals surface area contributed by atoms with Gasteiger partial charge in [0.25, 0.3) is 0 Å². The lowest BCUT2D eigenvalue weighted by molar-refractivity contribution is 0.940. The Kier molecular flexibility index (Phi) is 6.61. The minimum absolute atomic E-state index is 1.25. The Hall–Kier alpha value is -0.300. The lowest BCUT2D eigenvalue weighted by Crippen LogP contribution is -1.71. The van der Waals surface area contributed by atoms with Crippen LogP contribution >= 0.6 is 11.3 Å². The van der Waals surface area contributed by atoms with Crippen LogP contribution in [-0.4, -0.2) is 0 Å². The fourth-order valence-electron chi connectivity index (χ4n) is 0.701. The normalized spacial score (nSPS) is 8.30. The second-order valence-corrected chi connectivity index (χ2v) is 2.86. The van der Waals surface area contributed by atoms with Crippen molar-refractivity contribution in [1.29, 1.82) is 0 Å². The van der Waals surface area contributed by atoms with Gasteiger partial charge in [0.2, 0.25) is 0 Å². The van der Waals surface area contributed by atoms with E-state index in [9.17, 15) is 0 Å². The van der Waals surface area contributed by atoms with Gasteiger partial charge in [0.1, 0.15) is 0 Å². The zero-order valence-electron chi connectivity index (χ0n) is 7.05. The van der Waals surface area contributed by atoms with E-state index in [1.165, 1.54) is 17.7 Å². The van der Waals surface area contributed by atoms with Crippen molar-refractivity contribution in [3.63, 3.8) is 0 Å². The summed E-state index contributed by atoms with van der Waals surface area (Å²) in [6.07, 6.45) is 2.51. The van der Waals surface area contributed by atoms with Crippen molar-refractivity contribution in [1.82, 2.24) is 0 Å². The zero-order chi connectivity index (χ0) is 7.82. The van der Waals surface area contributed by atoms with E-state index in [2.05, 4.69) is 24.4 Å². The highest BCUT2D eigenvalue weighted by Gasteiger charge is 1.87. The van der Waals surface area contributed by atoms with Crippen LogP contribution in [0.5, 0.6) is 0 Å². The molecule has 0 saturated carbocycles. The van der Waals surface area contributed by atoms with Crippen molar-refractivity contribution in [3.05, 3.63) is 22.4 Å². The highest BCUT2D eigenvalue weighted by Crippen LogP contribution is 2.09. The van der Waals surface area contributed by atoms with E-state index in [4.69, 9.17) is 0 Å². The highest BCUT2D eigenvalue weighted by atomic mass is 32.1. The third-order valence-electron chi connectivity index (χ3n) is 1.08. The van der Waals surface area contributed by atoms with Crippen molar-refractivity contribution in [2.24, 2.45) is 0 Å². The second-order valence-electron chi connectivity index (χ2n) is 1.83. The van der Waals surface area contributed by atoms with Crippen molar-refractivity contribution < 1.29 is 0 Å². The van der Waals surface area contributed by atoms with Gasteiger partial charge in [-0.15, -0.1) is 11.3 Å². The third-order valence-corrected chi connectivity index (χ3v) is 2.01. The van der Waals surface area contributed by atoms with Crippen molar-refractivity contribution >= 4 is 11.3 Å². The molecule has 0 bridgehead atoms. The number of hydrogen-bond donors (Lipinski definition) is 0. The Morgan fingerprint density at radius 3 is 2.50 bits per heavy atom. The minimum atomic E-state index is 1.25. The topological polar surface area (TPSA) is 0 Å². The van der Waals surface area contributed by atoms with Gasteiger partial charge in [-0.05, 0) is 17.9 Å². The predicted octanol–water partition coefficient (Wildman–Crippen LogP) is 3.73. The van der Waals surface area contributed by atoms with Gasteiger partial charge in [0.15, 0.2) is 0 Å². The standard InChI is InChI=1S/C7H10S.C2H6/c1-2-4-7-5-3-6-8-7;1-2/h3,5-6H,2,4H2,1H3;1-2H3. The molecule has 1 heteroatoms. The summed E-state index contributed by atoms with van der Waals surface area (Å²) in [6.45, 7) is 6.21. The molecule has 58 valence electrons. The molecule has 10 heavy (non-hydrogen) atoms. The maximum Gasteiger partial charge on any atom is 0.00451 e. The summed E-state index contributed by atoms with van der Waals surface area (Å²) < 4.78 is 0. The molecule has 0 amide bonds. The molecule has 1 rings (SSSR count). The van der Waals surface area contributed by atoms with Crippen molar-refractivity contribution in [2.45, 2.75) is 33.6 Å². The number of thiophene rings is 1. The van der Waals surface area contributed by atoms with E-state index in [-0.39, 0.29) is 0 Å². The molecule has 0 aromatic carbocycles. The summed E-state index contributed by atoms with van der Waals surface area (Å²) in [5, 5.41) is 2.13. The van der Waals surface area contributed by atoms with E-state index < -0.39 is 0 Å². The average Bonchev–Trinajstić information content (AvgIpc) is 2.46. The van der Waals surface area contributed by atoms with Crippen LogP contribution < -0.4 is 0 Å². The van der Waals surface area contributed by atoms with Crippen molar-refractivity contribution in [3.8, 4) is 0 Å². The molecule has 1 aromatic heterocycles. The Balaban J connectivity index is 0.000000371. The smallest absolute Gasteiger partial charge is 0.00451 e.